The Morgan fingerprint density at radius 2 is 2.25 bits per heavy atom. The Balaban J connectivity index is 2.30. The highest BCUT2D eigenvalue weighted by Gasteiger charge is 2.15. The van der Waals surface area contributed by atoms with Crippen molar-refractivity contribution < 1.29 is 9.26 Å². The Morgan fingerprint density at radius 3 is 2.88 bits per heavy atom. The summed E-state index contributed by atoms with van der Waals surface area (Å²) in [6.45, 7) is 2.65. The third-order valence-electron chi connectivity index (χ3n) is 1.95. The van der Waals surface area contributed by atoms with Crippen LogP contribution in [0.2, 0.25) is 0 Å². The molecule has 86 valence electrons. The smallest absolute Gasteiger partial charge is 0.270 e. The van der Waals surface area contributed by atoms with Gasteiger partial charge in [-0.05, 0) is 6.92 Å². The normalized spacial score (nSPS) is 10.9. The molecule has 0 spiro atoms. The van der Waals surface area contributed by atoms with Crippen molar-refractivity contribution in [1.29, 1.82) is 0 Å². The molecule has 2 aromatic heterocycles. The number of ether oxygens (including phenoxy) is 1. The van der Waals surface area contributed by atoms with Crippen LogP contribution in [-0.2, 0) is 17.9 Å². The molecule has 0 aliphatic heterocycles. The van der Waals surface area contributed by atoms with Crippen LogP contribution in [0.25, 0.3) is 10.8 Å². The molecule has 0 atom stereocenters. The van der Waals surface area contributed by atoms with Gasteiger partial charge in [-0.1, -0.05) is 5.16 Å². The first-order chi connectivity index (χ1) is 7.74. The van der Waals surface area contributed by atoms with Crippen LogP contribution in [0.5, 0.6) is 0 Å². The average molecular weight is 240 g/mol. The van der Waals surface area contributed by atoms with Crippen molar-refractivity contribution >= 4 is 11.3 Å². The highest BCUT2D eigenvalue weighted by Crippen LogP contribution is 2.28. The highest BCUT2D eigenvalue weighted by molar-refractivity contribution is 7.15. The molecule has 16 heavy (non-hydrogen) atoms. The van der Waals surface area contributed by atoms with E-state index >= 15 is 0 Å². The molecule has 2 heterocycles. The van der Waals surface area contributed by atoms with Crippen molar-refractivity contribution in [3.05, 3.63) is 16.5 Å². The predicted octanol–water partition coefficient (Wildman–Crippen LogP) is 1.11. The van der Waals surface area contributed by atoms with Gasteiger partial charge >= 0.3 is 0 Å². The number of aromatic nitrogens is 3. The number of aryl methyl sites for hydroxylation is 1. The van der Waals surface area contributed by atoms with Crippen molar-refractivity contribution in [2.45, 2.75) is 20.1 Å². The fourth-order valence-electron chi connectivity index (χ4n) is 1.27. The highest BCUT2D eigenvalue weighted by atomic mass is 32.1. The third-order valence-corrected chi connectivity index (χ3v) is 3.12. The first kappa shape index (κ1) is 11.2. The predicted molar refractivity (Wildman–Crippen MR) is 58.7 cm³/mol. The van der Waals surface area contributed by atoms with E-state index < -0.39 is 0 Å². The van der Waals surface area contributed by atoms with Crippen molar-refractivity contribution in [2.75, 3.05) is 7.11 Å². The van der Waals surface area contributed by atoms with Crippen LogP contribution in [0.15, 0.2) is 4.52 Å². The average Bonchev–Trinajstić information content (AvgIpc) is 2.85. The molecule has 2 N–H and O–H groups in total. The molecule has 2 rings (SSSR count). The Morgan fingerprint density at radius 1 is 1.44 bits per heavy atom. The summed E-state index contributed by atoms with van der Waals surface area (Å²) in [7, 11) is 1.58. The minimum absolute atomic E-state index is 0.338. The van der Waals surface area contributed by atoms with Gasteiger partial charge in [-0.25, -0.2) is 4.98 Å². The van der Waals surface area contributed by atoms with Gasteiger partial charge in [0.05, 0.1) is 5.69 Å². The summed E-state index contributed by atoms with van der Waals surface area (Å²) in [6, 6.07) is 0. The van der Waals surface area contributed by atoms with Crippen LogP contribution in [0.3, 0.4) is 0 Å². The maximum atomic E-state index is 5.52. The Hall–Kier alpha value is -1.31. The second kappa shape index (κ2) is 4.69. The molecule has 0 amide bonds. The topological polar surface area (TPSA) is 87.1 Å². The first-order valence-electron chi connectivity index (χ1n) is 4.73. The summed E-state index contributed by atoms with van der Waals surface area (Å²) >= 11 is 1.47. The summed E-state index contributed by atoms with van der Waals surface area (Å²) in [5, 5.41) is 4.66. The molecule has 0 saturated heterocycles. The third kappa shape index (κ3) is 2.11. The van der Waals surface area contributed by atoms with Crippen LogP contribution in [0, 0.1) is 6.92 Å². The molecule has 0 radical (unpaired) electrons. The van der Waals surface area contributed by atoms with Gasteiger partial charge in [-0.15, -0.1) is 11.3 Å². The summed E-state index contributed by atoms with van der Waals surface area (Å²) in [4.78, 5) is 9.37. The lowest BCUT2D eigenvalue weighted by molar-refractivity contribution is 0.174. The molecule has 0 aliphatic rings. The van der Waals surface area contributed by atoms with E-state index in [1.165, 1.54) is 11.3 Å². The number of hydrogen-bond acceptors (Lipinski definition) is 7. The quantitative estimate of drug-likeness (QED) is 0.861. The van der Waals surface area contributed by atoms with E-state index in [0.29, 0.717) is 24.9 Å². The zero-order valence-corrected chi connectivity index (χ0v) is 9.87. The Kier molecular flexibility index (Phi) is 3.28. The van der Waals surface area contributed by atoms with Gasteiger partial charge < -0.3 is 15.0 Å². The molecule has 0 unspecified atom stereocenters. The molecule has 0 bridgehead atoms. The molecule has 2 aromatic rings. The van der Waals surface area contributed by atoms with Gasteiger partial charge in [0, 0.05) is 13.7 Å². The van der Waals surface area contributed by atoms with Gasteiger partial charge in [0.15, 0.2) is 5.82 Å². The van der Waals surface area contributed by atoms with Gasteiger partial charge in [0.1, 0.15) is 16.5 Å². The van der Waals surface area contributed by atoms with Gasteiger partial charge in [0.2, 0.25) is 0 Å². The lowest BCUT2D eigenvalue weighted by Crippen LogP contribution is -1.94. The van der Waals surface area contributed by atoms with Crippen molar-refractivity contribution in [2.24, 2.45) is 5.73 Å². The van der Waals surface area contributed by atoms with E-state index in [4.69, 9.17) is 15.0 Å². The number of rotatable bonds is 4. The SMILES string of the molecule is COCc1noc(-c2sc(CN)nc2C)n1. The number of nitrogens with zero attached hydrogens (tertiary/aromatic N) is 3. The molecule has 0 aromatic carbocycles. The number of nitrogens with two attached hydrogens (primary N) is 1. The fraction of sp³-hybridized carbons (Fsp3) is 0.444. The van der Waals surface area contributed by atoms with E-state index in [-0.39, 0.29) is 0 Å². The Bertz CT molecular complexity index is 480. The van der Waals surface area contributed by atoms with Crippen LogP contribution >= 0.6 is 11.3 Å². The second-order valence-electron chi connectivity index (χ2n) is 3.18. The molecular weight excluding hydrogens is 228 g/mol. The Labute approximate surface area is 96.4 Å². The molecule has 7 heteroatoms. The fourth-order valence-corrected chi connectivity index (χ4v) is 2.14. The second-order valence-corrected chi connectivity index (χ2v) is 4.26. The van der Waals surface area contributed by atoms with Gasteiger partial charge in [-0.3, -0.25) is 0 Å². The lowest BCUT2D eigenvalue weighted by atomic mass is 10.4. The largest absolute Gasteiger partial charge is 0.377 e. The summed E-state index contributed by atoms with van der Waals surface area (Å²) in [6.07, 6.45) is 0. The van der Waals surface area contributed by atoms with Crippen LogP contribution < -0.4 is 5.73 Å². The number of hydrogen-bond donors (Lipinski definition) is 1. The van der Waals surface area contributed by atoms with E-state index in [1.807, 2.05) is 6.92 Å². The maximum absolute atomic E-state index is 5.52. The van der Waals surface area contributed by atoms with E-state index in [1.54, 1.807) is 7.11 Å². The number of thiazole rings is 1. The van der Waals surface area contributed by atoms with Crippen LogP contribution in [-0.4, -0.2) is 22.2 Å². The van der Waals surface area contributed by atoms with Crippen LogP contribution in [0.4, 0.5) is 0 Å². The van der Waals surface area contributed by atoms with Gasteiger partial charge in [0.25, 0.3) is 5.89 Å². The van der Waals surface area contributed by atoms with Gasteiger partial charge in [-0.2, -0.15) is 4.98 Å². The minimum atomic E-state index is 0.338. The van der Waals surface area contributed by atoms with Crippen molar-refractivity contribution in [1.82, 2.24) is 15.1 Å². The van der Waals surface area contributed by atoms with Crippen LogP contribution in [0.1, 0.15) is 16.5 Å². The minimum Gasteiger partial charge on any atom is -0.377 e. The summed E-state index contributed by atoms with van der Waals surface area (Å²) in [5.41, 5.74) is 6.38. The van der Waals surface area contributed by atoms with E-state index in [0.717, 1.165) is 15.6 Å². The summed E-state index contributed by atoms with van der Waals surface area (Å²) in [5.74, 6) is 1.00. The first-order valence-corrected chi connectivity index (χ1v) is 5.54. The maximum Gasteiger partial charge on any atom is 0.270 e. The lowest BCUT2D eigenvalue weighted by Gasteiger charge is -1.88. The zero-order valence-electron chi connectivity index (χ0n) is 9.06. The molecular formula is C9H12N4O2S. The molecule has 6 nitrogen and oxygen atoms in total. The van der Waals surface area contributed by atoms with Crippen molar-refractivity contribution in [3.8, 4) is 10.8 Å². The van der Waals surface area contributed by atoms with E-state index in [2.05, 4.69) is 15.1 Å². The molecule has 0 fully saturated rings. The van der Waals surface area contributed by atoms with Crippen molar-refractivity contribution in [3.63, 3.8) is 0 Å². The monoisotopic (exact) mass is 240 g/mol. The van der Waals surface area contributed by atoms with E-state index in [9.17, 15) is 0 Å². The molecule has 0 aliphatic carbocycles. The number of methoxy groups -OCH3 is 1. The zero-order chi connectivity index (χ0) is 11.5. The molecule has 0 saturated carbocycles. The summed E-state index contributed by atoms with van der Waals surface area (Å²) < 4.78 is 10.0. The standard InChI is InChI=1S/C9H12N4O2S/c1-5-8(16-7(3-10)11-5)9-12-6(4-14-2)13-15-9/h3-4,10H2,1-2H3.